The van der Waals surface area contributed by atoms with E-state index in [2.05, 4.69) is 10.1 Å². The van der Waals surface area contributed by atoms with Crippen molar-refractivity contribution in [2.24, 2.45) is 0 Å². The number of alkyl carbamates (subject to hydrolysis) is 1. The number of amides is 1. The number of nitrogens with one attached hydrogen (secondary N) is 1. The molecular formula is C20H19NO6. The van der Waals surface area contributed by atoms with E-state index in [-0.39, 0.29) is 12.5 Å². The zero-order valence-electron chi connectivity index (χ0n) is 14.7. The van der Waals surface area contributed by atoms with E-state index >= 15 is 0 Å². The Bertz CT molecular complexity index is 833. The average Bonchev–Trinajstić information content (AvgIpc) is 2.97. The Morgan fingerprint density at radius 2 is 1.56 bits per heavy atom. The minimum absolute atomic E-state index is 0.0692. The minimum atomic E-state index is -1.37. The number of aliphatic carboxylic acids is 1. The van der Waals surface area contributed by atoms with Crippen LogP contribution in [0, 0.1) is 0 Å². The highest BCUT2D eigenvalue weighted by Crippen LogP contribution is 2.44. The predicted molar refractivity (Wildman–Crippen MR) is 96.3 cm³/mol. The minimum Gasteiger partial charge on any atom is -0.480 e. The van der Waals surface area contributed by atoms with Crippen LogP contribution in [0.4, 0.5) is 4.79 Å². The van der Waals surface area contributed by atoms with Crippen LogP contribution in [-0.2, 0) is 19.1 Å². The van der Waals surface area contributed by atoms with Gasteiger partial charge in [-0.25, -0.2) is 9.59 Å². The van der Waals surface area contributed by atoms with E-state index < -0.39 is 30.7 Å². The first-order valence-corrected chi connectivity index (χ1v) is 8.45. The van der Waals surface area contributed by atoms with E-state index in [0.717, 1.165) is 29.2 Å². The molecule has 0 bridgehead atoms. The lowest BCUT2D eigenvalue weighted by atomic mass is 9.98. The zero-order chi connectivity index (χ0) is 19.4. The van der Waals surface area contributed by atoms with Crippen LogP contribution in [0.25, 0.3) is 11.1 Å². The SMILES string of the molecule is CC(=O)OC[C@@H](NC(=O)OCC1c2ccccc2-c2ccccc21)C(=O)O. The number of carboxylic acids is 1. The first-order valence-electron chi connectivity index (χ1n) is 8.45. The molecule has 1 atom stereocenters. The van der Waals surface area contributed by atoms with E-state index in [4.69, 9.17) is 9.84 Å². The number of rotatable bonds is 6. The molecule has 3 rings (SSSR count). The number of carbonyl (C=O) groups is 3. The summed E-state index contributed by atoms with van der Waals surface area (Å²) in [5, 5.41) is 11.3. The number of esters is 1. The lowest BCUT2D eigenvalue weighted by Crippen LogP contribution is -2.44. The molecule has 27 heavy (non-hydrogen) atoms. The highest BCUT2D eigenvalue weighted by atomic mass is 16.6. The van der Waals surface area contributed by atoms with Gasteiger partial charge in [-0.1, -0.05) is 48.5 Å². The summed E-state index contributed by atoms with van der Waals surface area (Å²) < 4.78 is 9.92. The van der Waals surface area contributed by atoms with Crippen molar-refractivity contribution in [3.63, 3.8) is 0 Å². The van der Waals surface area contributed by atoms with E-state index in [1.807, 2.05) is 48.5 Å². The normalized spacial score (nSPS) is 13.2. The van der Waals surface area contributed by atoms with E-state index in [0.29, 0.717) is 0 Å². The van der Waals surface area contributed by atoms with Gasteiger partial charge in [-0.15, -0.1) is 0 Å². The molecule has 0 radical (unpaired) electrons. The van der Waals surface area contributed by atoms with Crippen LogP contribution in [0.2, 0.25) is 0 Å². The van der Waals surface area contributed by atoms with Crippen molar-refractivity contribution in [1.29, 1.82) is 0 Å². The molecule has 0 aromatic heterocycles. The molecule has 0 unspecified atom stereocenters. The van der Waals surface area contributed by atoms with Gasteiger partial charge in [0.25, 0.3) is 0 Å². The van der Waals surface area contributed by atoms with Crippen LogP contribution in [-0.4, -0.2) is 42.4 Å². The molecule has 0 saturated heterocycles. The second kappa shape index (κ2) is 7.90. The third-order valence-electron chi connectivity index (χ3n) is 4.39. The van der Waals surface area contributed by atoms with Crippen LogP contribution in [0.15, 0.2) is 48.5 Å². The first kappa shape index (κ1) is 18.4. The molecule has 1 amide bonds. The average molecular weight is 369 g/mol. The largest absolute Gasteiger partial charge is 0.480 e. The van der Waals surface area contributed by atoms with Crippen molar-refractivity contribution in [2.75, 3.05) is 13.2 Å². The molecule has 0 aliphatic heterocycles. The fourth-order valence-corrected chi connectivity index (χ4v) is 3.16. The Labute approximate surface area is 155 Å². The van der Waals surface area contributed by atoms with Crippen LogP contribution in [0.5, 0.6) is 0 Å². The molecule has 1 aliphatic rings. The molecule has 0 saturated carbocycles. The fourth-order valence-electron chi connectivity index (χ4n) is 3.16. The van der Waals surface area contributed by atoms with Crippen LogP contribution < -0.4 is 5.32 Å². The number of hydrogen-bond donors (Lipinski definition) is 2. The van der Waals surface area contributed by atoms with E-state index in [1.54, 1.807) is 0 Å². The molecule has 7 heteroatoms. The van der Waals surface area contributed by atoms with Gasteiger partial charge in [0.1, 0.15) is 13.2 Å². The molecule has 2 aromatic carbocycles. The molecule has 7 nitrogen and oxygen atoms in total. The fraction of sp³-hybridized carbons (Fsp3) is 0.250. The Morgan fingerprint density at radius 3 is 2.07 bits per heavy atom. The summed E-state index contributed by atoms with van der Waals surface area (Å²) in [5.74, 6) is -2.07. The summed E-state index contributed by atoms with van der Waals surface area (Å²) in [6.07, 6.45) is -0.878. The Balaban J connectivity index is 1.67. The molecule has 140 valence electrons. The maximum atomic E-state index is 12.0. The van der Waals surface area contributed by atoms with Gasteiger partial charge in [0, 0.05) is 12.8 Å². The van der Waals surface area contributed by atoms with Crippen LogP contribution >= 0.6 is 0 Å². The highest BCUT2D eigenvalue weighted by Gasteiger charge is 2.29. The summed E-state index contributed by atoms with van der Waals surface area (Å²) in [4.78, 5) is 34.1. The van der Waals surface area contributed by atoms with Gasteiger partial charge in [0.15, 0.2) is 6.04 Å². The van der Waals surface area contributed by atoms with Gasteiger partial charge in [-0.2, -0.15) is 0 Å². The molecule has 2 N–H and O–H groups in total. The van der Waals surface area contributed by atoms with Gasteiger partial charge in [-0.3, -0.25) is 4.79 Å². The first-order chi connectivity index (χ1) is 13.0. The Hall–Kier alpha value is -3.35. The monoisotopic (exact) mass is 369 g/mol. The molecule has 1 aliphatic carbocycles. The number of benzene rings is 2. The Morgan fingerprint density at radius 1 is 1.00 bits per heavy atom. The number of hydrogen-bond acceptors (Lipinski definition) is 5. The van der Waals surface area contributed by atoms with Crippen molar-refractivity contribution in [3.05, 3.63) is 59.7 Å². The Kier molecular flexibility index (Phi) is 5.40. The van der Waals surface area contributed by atoms with Crippen LogP contribution in [0.1, 0.15) is 24.0 Å². The van der Waals surface area contributed by atoms with Gasteiger partial charge in [0.05, 0.1) is 0 Å². The van der Waals surface area contributed by atoms with Crippen molar-refractivity contribution in [1.82, 2.24) is 5.32 Å². The summed E-state index contributed by atoms with van der Waals surface area (Å²) >= 11 is 0. The summed E-state index contributed by atoms with van der Waals surface area (Å²) in [7, 11) is 0. The van der Waals surface area contributed by atoms with Gasteiger partial charge in [-0.05, 0) is 22.3 Å². The molecule has 0 fully saturated rings. The number of carbonyl (C=O) groups excluding carboxylic acids is 2. The van der Waals surface area contributed by atoms with Gasteiger partial charge in [0.2, 0.25) is 0 Å². The zero-order valence-corrected chi connectivity index (χ0v) is 14.7. The molecule has 2 aromatic rings. The van der Waals surface area contributed by atoms with Gasteiger partial charge < -0.3 is 19.9 Å². The van der Waals surface area contributed by atoms with Crippen molar-refractivity contribution in [3.8, 4) is 11.1 Å². The summed E-state index contributed by atoms with van der Waals surface area (Å²) in [5.41, 5.74) is 4.31. The van der Waals surface area contributed by atoms with Crippen LogP contribution in [0.3, 0.4) is 0 Å². The maximum Gasteiger partial charge on any atom is 0.407 e. The number of fused-ring (bicyclic) bond motifs is 3. The lowest BCUT2D eigenvalue weighted by Gasteiger charge is -2.17. The smallest absolute Gasteiger partial charge is 0.407 e. The third-order valence-corrected chi connectivity index (χ3v) is 4.39. The lowest BCUT2D eigenvalue weighted by molar-refractivity contribution is -0.146. The standard InChI is InChI=1S/C20H19NO6/c1-12(22)26-11-18(19(23)24)21-20(25)27-10-17-15-8-4-2-6-13(15)14-7-3-5-9-16(14)17/h2-9,17-18H,10-11H2,1H3,(H,21,25)(H,23,24)/t18-/m1/s1. The van der Waals surface area contributed by atoms with Crippen molar-refractivity contribution < 1.29 is 29.0 Å². The highest BCUT2D eigenvalue weighted by molar-refractivity contribution is 5.81. The van der Waals surface area contributed by atoms with E-state index in [1.165, 1.54) is 0 Å². The third kappa shape index (κ3) is 4.08. The second-order valence-corrected chi connectivity index (χ2v) is 6.16. The molecular weight excluding hydrogens is 350 g/mol. The topological polar surface area (TPSA) is 102 Å². The number of carboxylic acid groups (broad SMARTS) is 1. The van der Waals surface area contributed by atoms with Gasteiger partial charge >= 0.3 is 18.0 Å². The maximum absolute atomic E-state index is 12.0. The van der Waals surface area contributed by atoms with E-state index in [9.17, 15) is 14.4 Å². The second-order valence-electron chi connectivity index (χ2n) is 6.16. The summed E-state index contributed by atoms with van der Waals surface area (Å²) in [6, 6.07) is 14.4. The molecule has 0 heterocycles. The predicted octanol–water partition coefficient (Wildman–Crippen LogP) is 2.54. The quantitative estimate of drug-likeness (QED) is 0.759. The van der Waals surface area contributed by atoms with Crippen molar-refractivity contribution >= 4 is 18.0 Å². The summed E-state index contributed by atoms with van der Waals surface area (Å²) in [6.45, 7) is 0.765. The number of ether oxygens (including phenoxy) is 2. The molecule has 0 spiro atoms. The van der Waals surface area contributed by atoms with Crippen molar-refractivity contribution in [2.45, 2.75) is 18.9 Å².